The highest BCUT2D eigenvalue weighted by Crippen LogP contribution is 2.29. The number of hydrogen-bond donors (Lipinski definition) is 1. The van der Waals surface area contributed by atoms with Gasteiger partial charge in [-0.25, -0.2) is 13.2 Å². The summed E-state index contributed by atoms with van der Waals surface area (Å²) in [5.41, 5.74) is -0.443. The maximum atomic E-state index is 12.2. The fraction of sp³-hybridized carbons (Fsp3) is 0.300. The lowest BCUT2D eigenvalue weighted by molar-refractivity contribution is -0.106. The van der Waals surface area contributed by atoms with Crippen LogP contribution in [0.1, 0.15) is 10.4 Å². The molecule has 19 heavy (non-hydrogen) atoms. The Morgan fingerprint density at radius 2 is 1.95 bits per heavy atom. The number of methoxy groups -OCH3 is 1. The fourth-order valence-electron chi connectivity index (χ4n) is 1.35. The molecule has 9 heteroatoms. The molecule has 1 N–H and O–H groups in total. The lowest BCUT2D eigenvalue weighted by Crippen LogP contribution is -2.23. The normalized spacial score (nSPS) is 12.2. The molecule has 5 nitrogen and oxygen atoms in total. The van der Waals surface area contributed by atoms with Gasteiger partial charge in [-0.3, -0.25) is 0 Å². The third-order valence-electron chi connectivity index (χ3n) is 2.10. The molecule has 0 spiro atoms. The van der Waals surface area contributed by atoms with Gasteiger partial charge in [0, 0.05) is 0 Å². The summed E-state index contributed by atoms with van der Waals surface area (Å²) in [6.07, 6.45) is -4.93. The molecule has 0 radical (unpaired) electrons. The number of halogens is 3. The zero-order chi connectivity index (χ0) is 14.8. The van der Waals surface area contributed by atoms with Crippen LogP contribution in [0, 0.1) is 0 Å². The predicted octanol–water partition coefficient (Wildman–Crippen LogP) is 1.73. The Morgan fingerprint density at radius 3 is 2.37 bits per heavy atom. The van der Waals surface area contributed by atoms with E-state index >= 15 is 0 Å². The standard InChI is InChI=1S/C10H9F3O5S/c1-18-7-3-2-6(9(14)15)4-8(7)19(16,17)5-10(11,12)13/h2-4H,5H2,1H3,(H,14,15). The van der Waals surface area contributed by atoms with Crippen LogP contribution in [-0.2, 0) is 9.84 Å². The van der Waals surface area contributed by atoms with Crippen LogP contribution in [-0.4, -0.2) is 38.5 Å². The van der Waals surface area contributed by atoms with E-state index in [0.717, 1.165) is 19.2 Å². The van der Waals surface area contributed by atoms with E-state index in [2.05, 4.69) is 4.74 Å². The van der Waals surface area contributed by atoms with Crippen molar-refractivity contribution in [2.24, 2.45) is 0 Å². The molecular weight excluding hydrogens is 289 g/mol. The number of sulfone groups is 1. The first-order chi connectivity index (χ1) is 8.57. The van der Waals surface area contributed by atoms with Crippen molar-refractivity contribution in [3.8, 4) is 5.75 Å². The van der Waals surface area contributed by atoms with Crippen LogP contribution in [0.3, 0.4) is 0 Å². The van der Waals surface area contributed by atoms with Crippen molar-refractivity contribution in [1.29, 1.82) is 0 Å². The molecule has 0 fully saturated rings. The summed E-state index contributed by atoms with van der Waals surface area (Å²) in [6.45, 7) is 0. The van der Waals surface area contributed by atoms with Crippen molar-refractivity contribution in [2.45, 2.75) is 11.1 Å². The first kappa shape index (κ1) is 15.3. The van der Waals surface area contributed by atoms with Crippen molar-refractivity contribution < 1.29 is 36.2 Å². The Labute approximate surface area is 106 Å². The zero-order valence-electron chi connectivity index (χ0n) is 9.56. The van der Waals surface area contributed by atoms with E-state index in [0.29, 0.717) is 6.07 Å². The Kier molecular flexibility index (Phi) is 4.09. The first-order valence-corrected chi connectivity index (χ1v) is 6.43. The molecule has 0 saturated heterocycles. The van der Waals surface area contributed by atoms with Gasteiger partial charge in [0.05, 0.1) is 12.7 Å². The highest BCUT2D eigenvalue weighted by molar-refractivity contribution is 7.91. The van der Waals surface area contributed by atoms with E-state index in [1.807, 2.05) is 0 Å². The quantitative estimate of drug-likeness (QED) is 0.915. The molecule has 0 aliphatic carbocycles. The second-order valence-electron chi connectivity index (χ2n) is 3.55. The zero-order valence-corrected chi connectivity index (χ0v) is 10.4. The average Bonchev–Trinajstić information content (AvgIpc) is 2.24. The monoisotopic (exact) mass is 298 g/mol. The van der Waals surface area contributed by atoms with E-state index in [4.69, 9.17) is 5.11 Å². The molecular formula is C10H9F3O5S. The van der Waals surface area contributed by atoms with Gasteiger partial charge in [0.1, 0.15) is 10.6 Å². The summed E-state index contributed by atoms with van der Waals surface area (Å²) >= 11 is 0. The van der Waals surface area contributed by atoms with Gasteiger partial charge in [-0.2, -0.15) is 13.2 Å². The Hall–Kier alpha value is -1.77. The number of alkyl halides is 3. The van der Waals surface area contributed by atoms with Gasteiger partial charge < -0.3 is 9.84 Å². The number of carboxylic acids is 1. The minimum absolute atomic E-state index is 0.339. The number of rotatable bonds is 4. The third kappa shape index (κ3) is 3.85. The summed E-state index contributed by atoms with van der Waals surface area (Å²) < 4.78 is 64.4. The molecule has 1 rings (SSSR count). The topological polar surface area (TPSA) is 80.7 Å². The Morgan fingerprint density at radius 1 is 1.37 bits per heavy atom. The summed E-state index contributed by atoms with van der Waals surface area (Å²) in [6, 6.07) is 2.67. The molecule has 0 aliphatic rings. The van der Waals surface area contributed by atoms with Crippen LogP contribution in [0.2, 0.25) is 0 Å². The van der Waals surface area contributed by atoms with Gasteiger partial charge >= 0.3 is 12.1 Å². The minimum atomic E-state index is -4.93. The Balaban J connectivity index is 3.39. The van der Waals surface area contributed by atoms with Crippen molar-refractivity contribution >= 4 is 15.8 Å². The van der Waals surface area contributed by atoms with Crippen LogP contribution in [0.15, 0.2) is 23.1 Å². The highest BCUT2D eigenvalue weighted by Gasteiger charge is 2.37. The number of ether oxygens (including phenoxy) is 1. The summed E-state index contributed by atoms with van der Waals surface area (Å²) in [5, 5.41) is 8.71. The van der Waals surface area contributed by atoms with E-state index in [-0.39, 0.29) is 5.75 Å². The second-order valence-corrected chi connectivity index (χ2v) is 5.50. The molecule has 0 atom stereocenters. The van der Waals surface area contributed by atoms with E-state index in [9.17, 15) is 26.4 Å². The number of carbonyl (C=O) groups is 1. The van der Waals surface area contributed by atoms with Gasteiger partial charge in [0.25, 0.3) is 0 Å². The van der Waals surface area contributed by atoms with Crippen molar-refractivity contribution in [1.82, 2.24) is 0 Å². The predicted molar refractivity (Wildman–Crippen MR) is 58.1 cm³/mol. The first-order valence-electron chi connectivity index (χ1n) is 4.77. The number of hydrogen-bond acceptors (Lipinski definition) is 4. The largest absolute Gasteiger partial charge is 0.495 e. The van der Waals surface area contributed by atoms with E-state index < -0.39 is 38.2 Å². The number of carboxylic acid groups (broad SMARTS) is 1. The molecule has 0 bridgehead atoms. The van der Waals surface area contributed by atoms with Gasteiger partial charge in [0.2, 0.25) is 0 Å². The van der Waals surface area contributed by atoms with Gasteiger partial charge in [0.15, 0.2) is 15.6 Å². The van der Waals surface area contributed by atoms with Crippen molar-refractivity contribution in [3.63, 3.8) is 0 Å². The molecule has 0 heterocycles. The van der Waals surface area contributed by atoms with Crippen molar-refractivity contribution in [3.05, 3.63) is 23.8 Å². The molecule has 0 saturated carbocycles. The second kappa shape index (κ2) is 5.08. The molecule has 1 aromatic carbocycles. The maximum absolute atomic E-state index is 12.2. The Bertz CT molecular complexity index is 592. The van der Waals surface area contributed by atoms with Crippen LogP contribution >= 0.6 is 0 Å². The molecule has 1 aromatic rings. The van der Waals surface area contributed by atoms with Gasteiger partial charge in [-0.15, -0.1) is 0 Å². The molecule has 0 unspecified atom stereocenters. The summed E-state index contributed by atoms with van der Waals surface area (Å²) in [7, 11) is -3.66. The van der Waals surface area contributed by atoms with Crippen LogP contribution < -0.4 is 4.74 Å². The van der Waals surface area contributed by atoms with Crippen molar-refractivity contribution in [2.75, 3.05) is 12.9 Å². The lowest BCUT2D eigenvalue weighted by atomic mass is 10.2. The third-order valence-corrected chi connectivity index (χ3v) is 3.80. The van der Waals surface area contributed by atoms with E-state index in [1.165, 1.54) is 0 Å². The average molecular weight is 298 g/mol. The fourth-order valence-corrected chi connectivity index (χ4v) is 2.70. The molecule has 0 amide bonds. The molecule has 0 aromatic heterocycles. The highest BCUT2D eigenvalue weighted by atomic mass is 32.2. The lowest BCUT2D eigenvalue weighted by Gasteiger charge is -2.12. The van der Waals surface area contributed by atoms with Crippen LogP contribution in [0.25, 0.3) is 0 Å². The molecule has 106 valence electrons. The summed E-state index contributed by atoms with van der Waals surface area (Å²) in [4.78, 5) is 9.91. The SMILES string of the molecule is COc1ccc(C(=O)O)cc1S(=O)(=O)CC(F)(F)F. The summed E-state index contributed by atoms with van der Waals surface area (Å²) in [5.74, 6) is -3.88. The number of aromatic carboxylic acids is 1. The molecule has 0 aliphatic heterocycles. The van der Waals surface area contributed by atoms with Crippen LogP contribution in [0.5, 0.6) is 5.75 Å². The van der Waals surface area contributed by atoms with Gasteiger partial charge in [-0.1, -0.05) is 0 Å². The van der Waals surface area contributed by atoms with Crippen LogP contribution in [0.4, 0.5) is 13.2 Å². The number of benzene rings is 1. The smallest absolute Gasteiger partial charge is 0.403 e. The minimum Gasteiger partial charge on any atom is -0.495 e. The van der Waals surface area contributed by atoms with E-state index in [1.54, 1.807) is 0 Å². The van der Waals surface area contributed by atoms with Gasteiger partial charge in [-0.05, 0) is 18.2 Å². The maximum Gasteiger partial charge on any atom is 0.403 e.